The number of benzene rings is 2. The molecule has 8 heterocycles. The molecule has 5 aliphatic heterocycles. The van der Waals surface area contributed by atoms with Crippen LogP contribution in [0.4, 0.5) is 0 Å². The van der Waals surface area contributed by atoms with Gasteiger partial charge in [0.1, 0.15) is 17.6 Å². The van der Waals surface area contributed by atoms with E-state index in [0.717, 1.165) is 86.9 Å². The molecule has 0 saturated carbocycles. The molecular weight excluding hydrogens is 1120 g/mol. The van der Waals surface area contributed by atoms with Crippen molar-refractivity contribution in [2.75, 3.05) is 26.4 Å². The van der Waals surface area contributed by atoms with Gasteiger partial charge in [-0.25, -0.2) is 4.98 Å². The number of hydrogen-bond acceptors (Lipinski definition) is 9. The van der Waals surface area contributed by atoms with E-state index in [2.05, 4.69) is 219 Å². The molecule has 12 rings (SSSR count). The summed E-state index contributed by atoms with van der Waals surface area (Å²) >= 11 is 3.69. The first-order valence-corrected chi connectivity index (χ1v) is 35.4. The summed E-state index contributed by atoms with van der Waals surface area (Å²) in [6.45, 7) is 61.6. The zero-order valence-corrected chi connectivity index (χ0v) is 61.9. The summed E-state index contributed by atoms with van der Waals surface area (Å²) in [4.78, 5) is 13.4. The van der Waals surface area contributed by atoms with Crippen LogP contribution in [-0.4, -0.2) is 43.2 Å². The van der Waals surface area contributed by atoms with Crippen LogP contribution in [0, 0.1) is 81.0 Å². The highest BCUT2D eigenvalue weighted by molar-refractivity contribution is 7.12. The molecule has 0 amide bonds. The Morgan fingerprint density at radius 2 is 0.909 bits per heavy atom. The van der Waals surface area contributed by atoms with Gasteiger partial charge in [0.05, 0.1) is 66.0 Å². The lowest BCUT2D eigenvalue weighted by Crippen LogP contribution is -2.33. The molecule has 0 saturated heterocycles. The van der Waals surface area contributed by atoms with E-state index in [1.165, 1.54) is 109 Å². The van der Waals surface area contributed by atoms with Crippen LogP contribution >= 0.6 is 22.7 Å². The minimum Gasteiger partial charge on any atom is -0.466 e. The van der Waals surface area contributed by atoms with Gasteiger partial charge in [-0.3, -0.25) is 4.99 Å². The number of aromatic nitrogens is 1. The zero-order chi connectivity index (χ0) is 65.2. The van der Waals surface area contributed by atoms with Crippen LogP contribution in [0.15, 0.2) is 57.1 Å². The maximum Gasteiger partial charge on any atom is 0.112 e. The van der Waals surface area contributed by atoms with Crippen LogP contribution in [0.5, 0.6) is 0 Å². The number of nitrogens with zero attached hydrogens (tertiary/aromatic N) is 2. The number of thiazole rings is 1. The highest BCUT2D eigenvalue weighted by atomic mass is 32.1. The number of rotatable bonds is 0. The molecule has 6 unspecified atom stereocenters. The number of aryl methyl sites for hydroxylation is 9. The van der Waals surface area contributed by atoms with Crippen molar-refractivity contribution in [3.05, 3.63) is 140 Å². The Morgan fingerprint density at radius 3 is 1.48 bits per heavy atom. The number of ether oxygens (including phenoxy) is 4. The van der Waals surface area contributed by atoms with Crippen molar-refractivity contribution in [1.29, 1.82) is 0 Å². The Labute approximate surface area is 544 Å². The molecule has 9 heteroatoms. The van der Waals surface area contributed by atoms with E-state index in [1.807, 2.05) is 18.3 Å². The molecule has 488 valence electrons. The van der Waals surface area contributed by atoms with Crippen LogP contribution < -0.4 is 0 Å². The average molecular weight is 1240 g/mol. The first-order chi connectivity index (χ1) is 40.7. The van der Waals surface area contributed by atoms with Gasteiger partial charge < -0.3 is 23.4 Å². The van der Waals surface area contributed by atoms with E-state index in [0.29, 0.717) is 16.9 Å². The van der Waals surface area contributed by atoms with E-state index in [4.69, 9.17) is 23.4 Å². The summed E-state index contributed by atoms with van der Waals surface area (Å²) in [5, 5.41) is 1.16. The highest BCUT2D eigenvalue weighted by Crippen LogP contribution is 2.49. The van der Waals surface area contributed by atoms with Gasteiger partial charge in [-0.05, 0) is 212 Å². The first-order valence-electron chi connectivity index (χ1n) is 33.8. The molecule has 0 N–H and O–H groups in total. The Morgan fingerprint density at radius 1 is 0.420 bits per heavy atom. The molecule has 0 radical (unpaired) electrons. The third kappa shape index (κ3) is 18.3. The third-order valence-electron chi connectivity index (χ3n) is 18.9. The monoisotopic (exact) mass is 1240 g/mol. The fourth-order valence-electron chi connectivity index (χ4n) is 14.1. The van der Waals surface area contributed by atoms with Crippen molar-refractivity contribution in [3.8, 4) is 0 Å². The predicted molar refractivity (Wildman–Crippen MR) is 376 cm³/mol. The number of furan rings is 1. The van der Waals surface area contributed by atoms with Gasteiger partial charge in [0.2, 0.25) is 0 Å². The minimum absolute atomic E-state index is 0.144. The summed E-state index contributed by atoms with van der Waals surface area (Å²) in [6, 6.07) is 14.2. The number of fused-ring (bicyclic) bond motifs is 5. The molecule has 3 aromatic heterocycles. The fraction of sp³-hybridized carbons (Fsp3) is 0.671. The SMILES string of the molecule is CC1=NC2=C(CCOC2C(C)(C)C)C1.Cc1cc2c(cc1C)C(C(C)(C)C)CC2.Cc1cc2c(cc1C)C(C(C)(C)C)CCCC2.Cc1cc2c(o1)CCOC2C(C)(C)C.Cc1cc2c(s1)C(C(C)(C)C)OCC2.Cc1nc2c(s1)C(C(C)(C)C)OCC2. The first kappa shape index (κ1) is 71.7. The van der Waals surface area contributed by atoms with Gasteiger partial charge in [0.25, 0.3) is 0 Å². The van der Waals surface area contributed by atoms with Crippen molar-refractivity contribution in [1.82, 2.24) is 4.98 Å². The summed E-state index contributed by atoms with van der Waals surface area (Å²) in [6.07, 6.45) is 14.0. The van der Waals surface area contributed by atoms with E-state index < -0.39 is 0 Å². The standard InChI is InChI=1S/C17H26.C15H22.C12H19NO.C12H18O2.C12H18OS.C11H17NOS/c1-12-10-14-8-6-7-9-16(17(3,4)5)15(14)11-13(12)2;1-10-8-12-6-7-14(15(3,4)5)13(12)9-11(10)2;1-8-7-9-5-6-14-11(10(9)13-8)12(2,3)4;1-8-7-9-10(14-8)5-6-13-11(9)12(2,3)4;1-8-7-9-5-6-13-11(10(9)14-8)12(2,3)4;1-7-12-8-5-6-13-10(9(8)14-7)11(2,3)4/h10-11,16H,6-9H2,1-5H3;8-9,14H,6-7H2,1-5H3;11H,5-7H2,1-4H3;2*7,11H,5-6H2,1-4H3;10H,5-6H2,1-4H3. The maximum absolute atomic E-state index is 5.89. The lowest BCUT2D eigenvalue weighted by atomic mass is 9.73. The van der Waals surface area contributed by atoms with Gasteiger partial charge in [0.15, 0.2) is 0 Å². The molecular formula is C79H120N2O5S2. The molecule has 2 aromatic carbocycles. The zero-order valence-electron chi connectivity index (χ0n) is 60.3. The molecule has 0 bridgehead atoms. The summed E-state index contributed by atoms with van der Waals surface area (Å²) in [5.41, 5.74) is 21.8. The second-order valence-corrected chi connectivity index (χ2v) is 35.9. The van der Waals surface area contributed by atoms with E-state index >= 15 is 0 Å². The Hall–Kier alpha value is -3.70. The lowest BCUT2D eigenvalue weighted by Gasteiger charge is -2.34. The van der Waals surface area contributed by atoms with E-state index in [1.54, 1.807) is 33.6 Å². The van der Waals surface area contributed by atoms with Crippen LogP contribution in [0.1, 0.15) is 293 Å². The number of thiophene rings is 1. The molecule has 7 nitrogen and oxygen atoms in total. The second-order valence-electron chi connectivity index (χ2n) is 33.4. The Balaban J connectivity index is 0.000000151. The molecule has 2 aliphatic carbocycles. The van der Waals surface area contributed by atoms with Crippen LogP contribution in [0.25, 0.3) is 0 Å². The normalized spacial score (nSPS) is 22.5. The predicted octanol–water partition coefficient (Wildman–Crippen LogP) is 22.6. The van der Waals surface area contributed by atoms with Crippen molar-refractivity contribution >= 4 is 28.4 Å². The molecule has 0 spiro atoms. The molecule has 6 atom stereocenters. The average Bonchev–Trinajstić information content (AvgIpc) is 3.76. The largest absolute Gasteiger partial charge is 0.466 e. The minimum atomic E-state index is 0.144. The van der Waals surface area contributed by atoms with E-state index in [-0.39, 0.29) is 40.0 Å². The molecule has 5 aromatic rings. The third-order valence-corrected chi connectivity index (χ3v) is 21.1. The quantitative estimate of drug-likeness (QED) is 0.144. The molecule has 0 fully saturated rings. The van der Waals surface area contributed by atoms with Crippen LogP contribution in [-0.2, 0) is 51.1 Å². The van der Waals surface area contributed by atoms with E-state index in [9.17, 15) is 0 Å². The summed E-state index contributed by atoms with van der Waals surface area (Å²) in [5.74, 6) is 3.61. The van der Waals surface area contributed by atoms with Gasteiger partial charge in [-0.2, -0.15) is 0 Å². The highest BCUT2D eigenvalue weighted by Gasteiger charge is 2.39. The van der Waals surface area contributed by atoms with Gasteiger partial charge >= 0.3 is 0 Å². The number of aliphatic imine (C=N–C) groups is 1. The summed E-state index contributed by atoms with van der Waals surface area (Å²) in [7, 11) is 0. The van der Waals surface area contributed by atoms with Crippen LogP contribution in [0.3, 0.4) is 0 Å². The van der Waals surface area contributed by atoms with Crippen molar-refractivity contribution in [3.63, 3.8) is 0 Å². The van der Waals surface area contributed by atoms with Gasteiger partial charge in [-0.1, -0.05) is 155 Å². The fourth-order valence-corrected chi connectivity index (χ4v) is 16.8. The summed E-state index contributed by atoms with van der Waals surface area (Å²) < 4.78 is 29.1. The lowest BCUT2D eigenvalue weighted by molar-refractivity contribution is -0.0316. The van der Waals surface area contributed by atoms with Gasteiger partial charge in [0, 0.05) is 40.3 Å². The van der Waals surface area contributed by atoms with Crippen molar-refractivity contribution in [2.24, 2.45) is 37.5 Å². The molecule has 88 heavy (non-hydrogen) atoms. The second kappa shape index (κ2) is 28.7. The van der Waals surface area contributed by atoms with Crippen LogP contribution in [0.2, 0.25) is 0 Å². The Bertz CT molecular complexity index is 3050. The topological polar surface area (TPSA) is 75.3 Å². The number of hydrogen-bond donors (Lipinski definition) is 0. The van der Waals surface area contributed by atoms with Gasteiger partial charge in [-0.15, -0.1) is 22.7 Å². The maximum atomic E-state index is 5.89. The van der Waals surface area contributed by atoms with Crippen molar-refractivity contribution < 1.29 is 23.4 Å². The van der Waals surface area contributed by atoms with Crippen molar-refractivity contribution in [2.45, 2.75) is 287 Å². The molecule has 7 aliphatic rings. The smallest absolute Gasteiger partial charge is 0.112 e. The Kier molecular flexibility index (Phi) is 23.4.